The highest BCUT2D eigenvalue weighted by Crippen LogP contribution is 2.27. The molecule has 3 heterocycles. The van der Waals surface area contributed by atoms with E-state index in [2.05, 4.69) is 59.3 Å². The van der Waals surface area contributed by atoms with E-state index in [4.69, 9.17) is 27.1 Å². The van der Waals surface area contributed by atoms with Crippen LogP contribution in [0.4, 0.5) is 5.82 Å². The second-order valence-electron chi connectivity index (χ2n) is 8.80. The quantitative estimate of drug-likeness (QED) is 0.404. The number of morpholine rings is 1. The number of anilines is 1. The van der Waals surface area contributed by atoms with Crippen molar-refractivity contribution in [3.63, 3.8) is 0 Å². The Labute approximate surface area is 207 Å². The van der Waals surface area contributed by atoms with E-state index in [1.165, 1.54) is 0 Å². The van der Waals surface area contributed by atoms with Gasteiger partial charge in [0.1, 0.15) is 5.82 Å². The van der Waals surface area contributed by atoms with Crippen molar-refractivity contribution in [2.24, 2.45) is 11.7 Å². The third-order valence-electron chi connectivity index (χ3n) is 6.17. The zero-order valence-electron chi connectivity index (χ0n) is 20.7. The molecule has 2 N–H and O–H groups in total. The summed E-state index contributed by atoms with van der Waals surface area (Å²) in [6, 6.07) is 0.306. The largest absolute Gasteiger partial charge is 0.378 e. The van der Waals surface area contributed by atoms with E-state index in [1.807, 2.05) is 4.57 Å². The Hall–Kier alpha value is -2.41. The lowest BCUT2D eigenvalue weighted by Crippen LogP contribution is -2.44. The van der Waals surface area contributed by atoms with Crippen LogP contribution in [-0.2, 0) is 22.5 Å². The number of amides is 1. The maximum absolute atomic E-state index is 11.6. The molecule has 2 aromatic rings. The van der Waals surface area contributed by atoms with Crippen molar-refractivity contribution >= 4 is 34.5 Å². The van der Waals surface area contributed by atoms with Gasteiger partial charge in [-0.05, 0) is 30.9 Å². The topological polar surface area (TPSA) is 102 Å². The van der Waals surface area contributed by atoms with Crippen LogP contribution in [0.25, 0.3) is 11.2 Å². The van der Waals surface area contributed by atoms with Crippen LogP contribution in [0, 0.1) is 17.8 Å². The summed E-state index contributed by atoms with van der Waals surface area (Å²) >= 11 is 6.27. The lowest BCUT2D eigenvalue weighted by atomic mass is 9.99. The summed E-state index contributed by atoms with van der Waals surface area (Å²) in [6.45, 7) is 13.0. The highest BCUT2D eigenvalue weighted by molar-refractivity contribution is 6.28. The molecule has 0 unspecified atom stereocenters. The van der Waals surface area contributed by atoms with Gasteiger partial charge in [-0.3, -0.25) is 9.69 Å². The van der Waals surface area contributed by atoms with Crippen LogP contribution in [0.5, 0.6) is 0 Å². The van der Waals surface area contributed by atoms with E-state index in [0.29, 0.717) is 51.1 Å². The van der Waals surface area contributed by atoms with Crippen molar-refractivity contribution in [2.45, 2.75) is 59.5 Å². The molecule has 1 fully saturated rings. The van der Waals surface area contributed by atoms with Gasteiger partial charge in [-0.1, -0.05) is 26.7 Å². The van der Waals surface area contributed by atoms with Gasteiger partial charge < -0.3 is 19.9 Å². The zero-order chi connectivity index (χ0) is 24.7. The smallest absolute Gasteiger partial charge is 0.231 e. The van der Waals surface area contributed by atoms with Crippen LogP contribution in [-0.4, -0.2) is 75.8 Å². The van der Waals surface area contributed by atoms with Gasteiger partial charge in [0, 0.05) is 38.6 Å². The van der Waals surface area contributed by atoms with E-state index in [0.717, 1.165) is 42.3 Å². The van der Waals surface area contributed by atoms with Crippen LogP contribution in [0.1, 0.15) is 46.4 Å². The lowest BCUT2D eigenvalue weighted by molar-refractivity contribution is -0.119. The van der Waals surface area contributed by atoms with Crippen molar-refractivity contribution in [1.29, 1.82) is 0 Å². The highest BCUT2D eigenvalue weighted by atomic mass is 35.5. The highest BCUT2D eigenvalue weighted by Gasteiger charge is 2.23. The Morgan fingerprint density at radius 2 is 1.94 bits per heavy atom. The standard InChI is InChI=1S/C24H36ClN7O2/c1-5-18(17(3)4)31(16-19(26)33)11-9-7-8-10-20-27-21-22(30-12-14-34-15-13-30)28-24(25)29-23(21)32(20)6-2/h17-18H,5-6,9-16H2,1-4H3,(H2,26,33)/t18-/m1/s1. The number of primary amides is 1. The Balaban J connectivity index is 1.76. The predicted octanol–water partition coefficient (Wildman–Crippen LogP) is 2.49. The molecule has 0 bridgehead atoms. The molecule has 1 amide bonds. The zero-order valence-corrected chi connectivity index (χ0v) is 21.4. The molecule has 0 saturated carbocycles. The number of nitrogens with two attached hydrogens (primary N) is 1. The first kappa shape index (κ1) is 26.2. The van der Waals surface area contributed by atoms with Gasteiger partial charge in [0.2, 0.25) is 11.2 Å². The summed E-state index contributed by atoms with van der Waals surface area (Å²) in [5.74, 6) is 8.24. The monoisotopic (exact) mass is 489 g/mol. The summed E-state index contributed by atoms with van der Waals surface area (Å²) in [4.78, 5) is 29.6. The third kappa shape index (κ3) is 6.38. The molecule has 2 aromatic heterocycles. The van der Waals surface area contributed by atoms with Gasteiger partial charge >= 0.3 is 0 Å². The Kier molecular flexibility index (Phi) is 9.51. The summed E-state index contributed by atoms with van der Waals surface area (Å²) < 4.78 is 7.52. The van der Waals surface area contributed by atoms with Crippen LogP contribution in [0.2, 0.25) is 5.28 Å². The molecular formula is C24H36ClN7O2. The molecule has 0 radical (unpaired) electrons. The minimum atomic E-state index is -0.306. The minimum Gasteiger partial charge on any atom is -0.378 e. The summed E-state index contributed by atoms with van der Waals surface area (Å²) in [7, 11) is 0. The van der Waals surface area contributed by atoms with Crippen LogP contribution in [0.15, 0.2) is 0 Å². The number of hydrogen-bond acceptors (Lipinski definition) is 7. The fourth-order valence-electron chi connectivity index (χ4n) is 4.61. The number of hydrogen-bond donors (Lipinski definition) is 1. The Morgan fingerprint density at radius 1 is 1.21 bits per heavy atom. The number of aromatic nitrogens is 4. The molecule has 1 aliphatic rings. The first-order valence-corrected chi connectivity index (χ1v) is 12.5. The van der Waals surface area contributed by atoms with Gasteiger partial charge in [-0.2, -0.15) is 9.97 Å². The summed E-state index contributed by atoms with van der Waals surface area (Å²) in [5, 5.41) is 0.214. The fraction of sp³-hybridized carbons (Fsp3) is 0.667. The van der Waals surface area contributed by atoms with Gasteiger partial charge in [0.05, 0.1) is 26.2 Å². The van der Waals surface area contributed by atoms with E-state index >= 15 is 0 Å². The third-order valence-corrected chi connectivity index (χ3v) is 6.34. The number of carbonyl (C=O) groups excluding carboxylic acids is 1. The number of fused-ring (bicyclic) bond motifs is 1. The van der Waals surface area contributed by atoms with E-state index in [9.17, 15) is 4.79 Å². The Bertz CT molecular complexity index is 1040. The average Bonchev–Trinajstić information content (AvgIpc) is 3.15. The number of ether oxygens (including phenoxy) is 1. The van der Waals surface area contributed by atoms with E-state index in [-0.39, 0.29) is 17.7 Å². The van der Waals surface area contributed by atoms with Crippen molar-refractivity contribution < 1.29 is 9.53 Å². The van der Waals surface area contributed by atoms with E-state index in [1.54, 1.807) is 0 Å². The van der Waals surface area contributed by atoms with Crippen molar-refractivity contribution in [2.75, 3.05) is 44.3 Å². The number of rotatable bonds is 10. The van der Waals surface area contributed by atoms with Crippen molar-refractivity contribution in [3.8, 4) is 11.8 Å². The summed E-state index contributed by atoms with van der Waals surface area (Å²) in [6.07, 6.45) is 2.13. The molecule has 0 aliphatic carbocycles. The second-order valence-corrected chi connectivity index (χ2v) is 9.13. The fourth-order valence-corrected chi connectivity index (χ4v) is 4.77. The van der Waals surface area contributed by atoms with Crippen molar-refractivity contribution in [1.82, 2.24) is 24.4 Å². The molecule has 10 heteroatoms. The summed E-state index contributed by atoms with van der Waals surface area (Å²) in [5.41, 5.74) is 6.96. The number of halogens is 1. The molecule has 1 aliphatic heterocycles. The maximum Gasteiger partial charge on any atom is 0.231 e. The maximum atomic E-state index is 11.6. The Morgan fingerprint density at radius 3 is 2.56 bits per heavy atom. The van der Waals surface area contributed by atoms with Crippen LogP contribution in [0.3, 0.4) is 0 Å². The normalized spacial score (nSPS) is 15.1. The van der Waals surface area contributed by atoms with Crippen LogP contribution >= 0.6 is 11.6 Å². The molecule has 0 aromatic carbocycles. The average molecular weight is 490 g/mol. The molecular weight excluding hydrogens is 454 g/mol. The first-order valence-electron chi connectivity index (χ1n) is 12.1. The number of imidazole rings is 1. The second kappa shape index (κ2) is 12.3. The van der Waals surface area contributed by atoms with Crippen LogP contribution < -0.4 is 10.6 Å². The molecule has 1 saturated heterocycles. The SMILES string of the molecule is CC[C@H](C(C)C)N(CCC#CCc1nc2c(N3CCOCC3)nc(Cl)nc2n1CC)CC(N)=O. The van der Waals surface area contributed by atoms with Crippen molar-refractivity contribution in [3.05, 3.63) is 11.1 Å². The molecule has 1 atom stereocenters. The van der Waals surface area contributed by atoms with Gasteiger partial charge in [0.25, 0.3) is 0 Å². The lowest BCUT2D eigenvalue weighted by Gasteiger charge is -2.32. The van der Waals surface area contributed by atoms with Gasteiger partial charge in [-0.25, -0.2) is 4.98 Å². The number of nitrogens with zero attached hydrogens (tertiary/aromatic N) is 6. The number of aryl methyl sites for hydroxylation is 1. The molecule has 0 spiro atoms. The number of carbonyl (C=O) groups is 1. The first-order chi connectivity index (χ1) is 16.3. The minimum absolute atomic E-state index is 0.214. The van der Waals surface area contributed by atoms with Gasteiger partial charge in [0.15, 0.2) is 17.0 Å². The van der Waals surface area contributed by atoms with Gasteiger partial charge in [-0.15, -0.1) is 5.92 Å². The van der Waals surface area contributed by atoms with E-state index < -0.39 is 0 Å². The molecule has 186 valence electrons. The molecule has 9 nitrogen and oxygen atoms in total. The molecule has 3 rings (SSSR count). The predicted molar refractivity (Wildman–Crippen MR) is 135 cm³/mol. The molecule has 34 heavy (non-hydrogen) atoms.